The lowest BCUT2D eigenvalue weighted by Crippen LogP contribution is -3.11. The molecule has 1 aliphatic heterocycles. The van der Waals surface area contributed by atoms with E-state index in [4.69, 9.17) is 9.47 Å². The molecule has 2 atom stereocenters. The van der Waals surface area contributed by atoms with Gasteiger partial charge >= 0.3 is 0 Å². The smallest absolute Gasteiger partial charge is 0.275 e. The van der Waals surface area contributed by atoms with Crippen molar-refractivity contribution in [1.82, 2.24) is 10.6 Å². The number of hydrogen-bond acceptors (Lipinski definition) is 4. The fourth-order valence-electron chi connectivity index (χ4n) is 2.53. The van der Waals surface area contributed by atoms with Crippen LogP contribution in [0.25, 0.3) is 0 Å². The molecule has 2 rings (SSSR count). The third kappa shape index (κ3) is 6.62. The molecule has 0 aliphatic carbocycles. The molecular weight excluding hydrogens is 322 g/mol. The number of benzene rings is 1. The Morgan fingerprint density at radius 2 is 1.80 bits per heavy atom. The van der Waals surface area contributed by atoms with Crippen LogP contribution in [0.4, 0.5) is 0 Å². The van der Waals surface area contributed by atoms with Crippen LogP contribution in [-0.4, -0.2) is 56.7 Å². The fraction of sp³-hybridized carbons (Fsp3) is 0.556. The minimum Gasteiger partial charge on any atom is -0.486 e. The molecule has 7 nitrogen and oxygen atoms in total. The second-order valence-corrected chi connectivity index (χ2v) is 7.41. The quantitative estimate of drug-likeness (QED) is 0.638. The van der Waals surface area contributed by atoms with Gasteiger partial charge in [-0.3, -0.25) is 9.59 Å². The Labute approximate surface area is 148 Å². The maximum absolute atomic E-state index is 12.0. The van der Waals surface area contributed by atoms with Crippen LogP contribution in [0.5, 0.6) is 11.5 Å². The molecule has 3 N–H and O–H groups in total. The monoisotopic (exact) mass is 350 g/mol. The molecule has 1 heterocycles. The number of fused-ring (bicyclic) bond motifs is 1. The summed E-state index contributed by atoms with van der Waals surface area (Å²) in [5.74, 6) is 1.22. The lowest BCUT2D eigenvalue weighted by Gasteiger charge is -2.26. The Balaban J connectivity index is 1.70. The fourth-order valence-corrected chi connectivity index (χ4v) is 2.53. The molecule has 2 amide bonds. The number of ether oxygens (including phenoxy) is 2. The predicted octanol–water partition coefficient (Wildman–Crippen LogP) is -0.628. The van der Waals surface area contributed by atoms with E-state index in [0.29, 0.717) is 18.9 Å². The first-order valence-electron chi connectivity index (χ1n) is 8.50. The number of amides is 2. The number of carbonyl (C=O) groups excluding carboxylic acids is 2. The van der Waals surface area contributed by atoms with Gasteiger partial charge in [-0.15, -0.1) is 0 Å². The zero-order valence-electron chi connectivity index (χ0n) is 15.3. The van der Waals surface area contributed by atoms with Gasteiger partial charge in [-0.05, 0) is 32.9 Å². The molecule has 0 radical (unpaired) electrons. The van der Waals surface area contributed by atoms with Gasteiger partial charge in [0.05, 0.1) is 13.6 Å². The summed E-state index contributed by atoms with van der Waals surface area (Å²) in [5.41, 5.74) is -0.270. The van der Waals surface area contributed by atoms with Crippen molar-refractivity contribution in [3.8, 4) is 11.5 Å². The first-order chi connectivity index (χ1) is 11.7. The molecule has 0 saturated heterocycles. The van der Waals surface area contributed by atoms with Gasteiger partial charge in [0.2, 0.25) is 0 Å². The minimum atomic E-state index is -0.270. The zero-order chi connectivity index (χ0) is 18.4. The van der Waals surface area contributed by atoms with Gasteiger partial charge < -0.3 is 25.0 Å². The number of carbonyl (C=O) groups is 2. The van der Waals surface area contributed by atoms with E-state index >= 15 is 0 Å². The van der Waals surface area contributed by atoms with Crippen LogP contribution in [-0.2, 0) is 9.59 Å². The summed E-state index contributed by atoms with van der Waals surface area (Å²) in [6.45, 7) is 7.03. The molecule has 0 aromatic heterocycles. The lowest BCUT2D eigenvalue weighted by atomic mass is 10.1. The largest absolute Gasteiger partial charge is 0.486 e. The SMILES string of the molecule is C[NH+](CC(=O)NC[C@@H]1COc2ccccc2O1)CC(=O)NC(C)(C)C. The topological polar surface area (TPSA) is 81.1 Å². The normalized spacial score (nSPS) is 17.5. The van der Waals surface area contributed by atoms with Gasteiger partial charge in [-0.2, -0.15) is 0 Å². The number of rotatable bonds is 6. The molecule has 0 saturated carbocycles. The zero-order valence-corrected chi connectivity index (χ0v) is 15.3. The Morgan fingerprint density at radius 3 is 2.48 bits per heavy atom. The average Bonchev–Trinajstić information content (AvgIpc) is 2.50. The summed E-state index contributed by atoms with van der Waals surface area (Å²) in [6, 6.07) is 7.46. The molecule has 1 aromatic carbocycles. The Hall–Kier alpha value is -2.28. The van der Waals surface area contributed by atoms with Gasteiger partial charge in [0.15, 0.2) is 24.6 Å². The third-order valence-electron chi connectivity index (χ3n) is 3.53. The van der Waals surface area contributed by atoms with Crippen molar-refractivity contribution >= 4 is 11.8 Å². The van der Waals surface area contributed by atoms with Crippen LogP contribution in [0.1, 0.15) is 20.8 Å². The van der Waals surface area contributed by atoms with E-state index in [2.05, 4.69) is 10.6 Å². The van der Waals surface area contributed by atoms with Crippen LogP contribution in [0.2, 0.25) is 0 Å². The van der Waals surface area contributed by atoms with Crippen molar-refractivity contribution in [2.24, 2.45) is 0 Å². The van der Waals surface area contributed by atoms with Gasteiger partial charge in [-0.1, -0.05) is 12.1 Å². The summed E-state index contributed by atoms with van der Waals surface area (Å²) < 4.78 is 11.4. The second kappa shape index (κ2) is 8.20. The minimum absolute atomic E-state index is 0.0709. The van der Waals surface area contributed by atoms with Crippen LogP contribution in [0.15, 0.2) is 24.3 Å². The van der Waals surface area contributed by atoms with Crippen molar-refractivity contribution in [3.05, 3.63) is 24.3 Å². The number of hydrogen-bond donors (Lipinski definition) is 3. The highest BCUT2D eigenvalue weighted by Crippen LogP contribution is 2.30. The summed E-state index contributed by atoms with van der Waals surface area (Å²) in [5, 5.41) is 5.73. The van der Waals surface area contributed by atoms with E-state index in [1.807, 2.05) is 52.1 Å². The first-order valence-corrected chi connectivity index (χ1v) is 8.50. The van der Waals surface area contributed by atoms with E-state index in [1.54, 1.807) is 0 Å². The second-order valence-electron chi connectivity index (χ2n) is 7.41. The molecular formula is C18H28N3O4+. The predicted molar refractivity (Wildman–Crippen MR) is 93.9 cm³/mol. The van der Waals surface area contributed by atoms with E-state index in [1.165, 1.54) is 0 Å². The molecule has 25 heavy (non-hydrogen) atoms. The Kier molecular flexibility index (Phi) is 6.25. The third-order valence-corrected chi connectivity index (χ3v) is 3.53. The lowest BCUT2D eigenvalue weighted by molar-refractivity contribution is -0.862. The highest BCUT2D eigenvalue weighted by molar-refractivity contribution is 5.79. The van der Waals surface area contributed by atoms with Crippen LogP contribution < -0.4 is 25.0 Å². The van der Waals surface area contributed by atoms with Crippen molar-refractivity contribution in [2.45, 2.75) is 32.4 Å². The molecule has 0 bridgehead atoms. The molecule has 1 aliphatic rings. The molecule has 1 aromatic rings. The first kappa shape index (κ1) is 19.1. The molecule has 138 valence electrons. The average molecular weight is 350 g/mol. The Morgan fingerprint density at radius 1 is 1.16 bits per heavy atom. The number of nitrogens with one attached hydrogen (secondary N) is 3. The maximum Gasteiger partial charge on any atom is 0.275 e. The van der Waals surface area contributed by atoms with Crippen LogP contribution >= 0.6 is 0 Å². The molecule has 7 heteroatoms. The molecule has 0 spiro atoms. The summed E-state index contributed by atoms with van der Waals surface area (Å²) in [4.78, 5) is 24.7. The van der Waals surface area contributed by atoms with E-state index in [0.717, 1.165) is 10.6 Å². The van der Waals surface area contributed by atoms with Gasteiger partial charge in [0.25, 0.3) is 11.8 Å². The summed E-state index contributed by atoms with van der Waals surface area (Å²) in [6.07, 6.45) is -0.219. The summed E-state index contributed by atoms with van der Waals surface area (Å²) >= 11 is 0. The van der Waals surface area contributed by atoms with Gasteiger partial charge in [0, 0.05) is 5.54 Å². The van der Waals surface area contributed by atoms with E-state index in [-0.39, 0.29) is 36.5 Å². The summed E-state index contributed by atoms with van der Waals surface area (Å²) in [7, 11) is 1.82. The van der Waals surface area contributed by atoms with Crippen LogP contribution in [0, 0.1) is 0 Å². The number of quaternary nitrogens is 1. The van der Waals surface area contributed by atoms with Crippen molar-refractivity contribution in [2.75, 3.05) is 33.3 Å². The standard InChI is InChI=1S/C18H27N3O4/c1-18(2,3)20-17(23)11-21(4)10-16(22)19-9-13-12-24-14-7-5-6-8-15(14)25-13/h5-8,13H,9-12H2,1-4H3,(H,19,22)(H,20,23)/p+1/t13-/m1/s1. The molecule has 1 unspecified atom stereocenters. The van der Waals surface area contributed by atoms with Crippen molar-refractivity contribution in [3.63, 3.8) is 0 Å². The Bertz CT molecular complexity index is 613. The number of para-hydroxylation sites is 2. The molecule has 0 fully saturated rings. The van der Waals surface area contributed by atoms with Crippen molar-refractivity contribution < 1.29 is 24.0 Å². The van der Waals surface area contributed by atoms with Gasteiger partial charge in [0.1, 0.15) is 12.7 Å². The van der Waals surface area contributed by atoms with Gasteiger partial charge in [-0.25, -0.2) is 0 Å². The highest BCUT2D eigenvalue weighted by atomic mass is 16.6. The highest BCUT2D eigenvalue weighted by Gasteiger charge is 2.22. The maximum atomic E-state index is 12.0. The van der Waals surface area contributed by atoms with E-state index < -0.39 is 0 Å². The van der Waals surface area contributed by atoms with E-state index in [9.17, 15) is 9.59 Å². The number of likely N-dealkylation sites (N-methyl/N-ethyl adjacent to an activating group) is 1. The van der Waals surface area contributed by atoms with Crippen LogP contribution in [0.3, 0.4) is 0 Å². The van der Waals surface area contributed by atoms with Crippen molar-refractivity contribution in [1.29, 1.82) is 0 Å².